The SMILES string of the molecule is CC(C)c1ccccc1-c1ncc2[nH]c(=O)n(Cc3ccc(-n4ccc(C5CCCNC5)n4)cc3)c2n1. The van der Waals surface area contributed by atoms with Crippen LogP contribution in [-0.2, 0) is 6.54 Å². The number of hydrogen-bond donors (Lipinski definition) is 2. The van der Waals surface area contributed by atoms with E-state index >= 15 is 0 Å². The van der Waals surface area contributed by atoms with Crippen molar-refractivity contribution in [2.75, 3.05) is 13.1 Å². The molecule has 2 N–H and O–H groups in total. The van der Waals surface area contributed by atoms with Crippen LogP contribution in [0.5, 0.6) is 0 Å². The molecule has 1 atom stereocenters. The summed E-state index contributed by atoms with van der Waals surface area (Å²) in [4.78, 5) is 25.1. The Balaban J connectivity index is 1.27. The van der Waals surface area contributed by atoms with Gasteiger partial charge in [-0.1, -0.05) is 50.2 Å². The Kier molecular flexibility index (Phi) is 6.18. The number of rotatable bonds is 6. The minimum Gasteiger partial charge on any atom is -0.316 e. The second kappa shape index (κ2) is 9.78. The second-order valence-electron chi connectivity index (χ2n) is 10.1. The Hall–Kier alpha value is -4.04. The zero-order chi connectivity index (χ0) is 25.4. The van der Waals surface area contributed by atoms with Crippen molar-refractivity contribution in [2.24, 2.45) is 0 Å². The fourth-order valence-electron chi connectivity index (χ4n) is 5.17. The first-order chi connectivity index (χ1) is 18.1. The normalized spacial score (nSPS) is 16.0. The van der Waals surface area contributed by atoms with Crippen molar-refractivity contribution in [2.45, 2.75) is 45.1 Å². The molecular formula is C29H31N7O. The summed E-state index contributed by atoms with van der Waals surface area (Å²) in [6, 6.07) is 18.5. The van der Waals surface area contributed by atoms with E-state index in [0.29, 0.717) is 35.4 Å². The van der Waals surface area contributed by atoms with Gasteiger partial charge in [-0.2, -0.15) is 5.10 Å². The Morgan fingerprint density at radius 1 is 1.08 bits per heavy atom. The summed E-state index contributed by atoms with van der Waals surface area (Å²) >= 11 is 0. The number of hydrogen-bond acceptors (Lipinski definition) is 5. The molecule has 3 aromatic heterocycles. The molecule has 8 nitrogen and oxygen atoms in total. The van der Waals surface area contributed by atoms with Gasteiger partial charge in [-0.3, -0.25) is 4.57 Å². The summed E-state index contributed by atoms with van der Waals surface area (Å²) in [5.74, 6) is 1.44. The molecule has 5 aromatic rings. The van der Waals surface area contributed by atoms with Gasteiger partial charge in [0.1, 0.15) is 5.52 Å². The molecule has 1 aliphatic heterocycles. The predicted octanol–water partition coefficient (Wildman–Crippen LogP) is 4.61. The quantitative estimate of drug-likeness (QED) is 0.360. The maximum atomic E-state index is 12.8. The predicted molar refractivity (Wildman–Crippen MR) is 145 cm³/mol. The summed E-state index contributed by atoms with van der Waals surface area (Å²) < 4.78 is 3.60. The molecule has 6 rings (SSSR count). The van der Waals surface area contributed by atoms with Crippen LogP contribution in [0, 0.1) is 0 Å². The van der Waals surface area contributed by atoms with Crippen LogP contribution in [0.2, 0.25) is 0 Å². The Morgan fingerprint density at radius 2 is 1.92 bits per heavy atom. The number of piperidine rings is 1. The number of aromatic amines is 1. The van der Waals surface area contributed by atoms with Crippen molar-refractivity contribution in [1.29, 1.82) is 0 Å². The number of nitrogens with zero attached hydrogens (tertiary/aromatic N) is 5. The third-order valence-electron chi connectivity index (χ3n) is 7.20. The lowest BCUT2D eigenvalue weighted by atomic mass is 9.97. The smallest absolute Gasteiger partial charge is 0.316 e. The Labute approximate surface area is 215 Å². The maximum absolute atomic E-state index is 12.8. The monoisotopic (exact) mass is 493 g/mol. The van der Waals surface area contributed by atoms with Crippen molar-refractivity contribution in [3.63, 3.8) is 0 Å². The summed E-state index contributed by atoms with van der Waals surface area (Å²) in [5.41, 5.74) is 6.37. The van der Waals surface area contributed by atoms with E-state index in [-0.39, 0.29) is 5.69 Å². The number of nitrogens with one attached hydrogen (secondary N) is 2. The summed E-state index contributed by atoms with van der Waals surface area (Å²) in [7, 11) is 0. The molecule has 1 unspecified atom stereocenters. The number of imidazole rings is 1. The topological polar surface area (TPSA) is 93.4 Å². The highest BCUT2D eigenvalue weighted by molar-refractivity contribution is 5.73. The average molecular weight is 494 g/mol. The number of fused-ring (bicyclic) bond motifs is 1. The molecule has 0 radical (unpaired) electrons. The Morgan fingerprint density at radius 3 is 2.70 bits per heavy atom. The van der Waals surface area contributed by atoms with Crippen LogP contribution in [0.4, 0.5) is 0 Å². The number of aromatic nitrogens is 6. The third-order valence-corrected chi connectivity index (χ3v) is 7.20. The van der Waals surface area contributed by atoms with E-state index in [4.69, 9.17) is 10.1 Å². The zero-order valence-electron chi connectivity index (χ0n) is 21.2. The largest absolute Gasteiger partial charge is 0.328 e. The summed E-state index contributed by atoms with van der Waals surface area (Å²) in [6.07, 6.45) is 6.09. The van der Waals surface area contributed by atoms with Crippen LogP contribution in [0.15, 0.2) is 71.8 Å². The fourth-order valence-corrected chi connectivity index (χ4v) is 5.17. The van der Waals surface area contributed by atoms with Gasteiger partial charge in [0.05, 0.1) is 24.1 Å². The van der Waals surface area contributed by atoms with Crippen LogP contribution in [0.1, 0.15) is 55.3 Å². The van der Waals surface area contributed by atoms with Crippen molar-refractivity contribution in [1.82, 2.24) is 34.6 Å². The lowest BCUT2D eigenvalue weighted by Crippen LogP contribution is -2.28. The van der Waals surface area contributed by atoms with Gasteiger partial charge >= 0.3 is 5.69 Å². The van der Waals surface area contributed by atoms with Gasteiger partial charge in [-0.05, 0) is 54.6 Å². The molecule has 2 aromatic carbocycles. The minimum atomic E-state index is -0.194. The molecule has 1 aliphatic rings. The molecule has 0 amide bonds. The van der Waals surface area contributed by atoms with Crippen LogP contribution in [0.25, 0.3) is 28.2 Å². The minimum absolute atomic E-state index is 0.194. The first-order valence-corrected chi connectivity index (χ1v) is 13.0. The maximum Gasteiger partial charge on any atom is 0.328 e. The van der Waals surface area contributed by atoms with Gasteiger partial charge in [-0.15, -0.1) is 0 Å². The highest BCUT2D eigenvalue weighted by atomic mass is 16.1. The molecule has 1 saturated heterocycles. The van der Waals surface area contributed by atoms with Gasteiger partial charge in [0.2, 0.25) is 0 Å². The van der Waals surface area contributed by atoms with Crippen LogP contribution in [0.3, 0.4) is 0 Å². The van der Waals surface area contributed by atoms with Gasteiger partial charge in [0.15, 0.2) is 11.5 Å². The molecule has 0 aliphatic carbocycles. The Bertz CT molecular complexity index is 1590. The van der Waals surface area contributed by atoms with E-state index in [1.54, 1.807) is 10.8 Å². The molecule has 0 saturated carbocycles. The van der Waals surface area contributed by atoms with E-state index in [1.165, 1.54) is 18.4 Å². The lowest BCUT2D eigenvalue weighted by Gasteiger charge is -2.20. The standard InChI is InChI=1S/C29H31N7O/c1-19(2)23-7-3-4-8-24(23)27-31-17-26-28(33-27)35(29(37)32-26)18-20-9-11-22(12-10-20)36-15-13-25(34-36)21-6-5-14-30-16-21/h3-4,7-13,15,17,19,21,30H,5-6,14,16,18H2,1-2H3,(H,32,37). The van der Waals surface area contributed by atoms with E-state index < -0.39 is 0 Å². The van der Waals surface area contributed by atoms with E-state index in [9.17, 15) is 4.79 Å². The van der Waals surface area contributed by atoms with Gasteiger partial charge in [-0.25, -0.2) is 19.4 Å². The van der Waals surface area contributed by atoms with E-state index in [1.807, 2.05) is 53.3 Å². The van der Waals surface area contributed by atoms with Crippen LogP contribution in [-0.4, -0.2) is 42.4 Å². The summed E-state index contributed by atoms with van der Waals surface area (Å²) in [6.45, 7) is 6.81. The van der Waals surface area contributed by atoms with Gasteiger partial charge in [0.25, 0.3) is 0 Å². The molecule has 4 heterocycles. The number of benzene rings is 2. The molecule has 0 spiro atoms. The first kappa shape index (κ1) is 23.4. The number of H-pyrrole nitrogens is 1. The molecule has 188 valence electrons. The highest BCUT2D eigenvalue weighted by Crippen LogP contribution is 2.27. The molecular weight excluding hydrogens is 462 g/mol. The van der Waals surface area contributed by atoms with Crippen molar-refractivity contribution in [3.05, 3.63) is 94.3 Å². The molecule has 37 heavy (non-hydrogen) atoms. The van der Waals surface area contributed by atoms with Gasteiger partial charge in [0, 0.05) is 24.2 Å². The third kappa shape index (κ3) is 4.60. The fraction of sp³-hybridized carbons (Fsp3) is 0.310. The van der Waals surface area contributed by atoms with Gasteiger partial charge < -0.3 is 10.3 Å². The molecule has 1 fully saturated rings. The second-order valence-corrected chi connectivity index (χ2v) is 10.1. The summed E-state index contributed by atoms with van der Waals surface area (Å²) in [5, 5.41) is 8.28. The van der Waals surface area contributed by atoms with Crippen molar-refractivity contribution < 1.29 is 0 Å². The van der Waals surface area contributed by atoms with Crippen LogP contribution < -0.4 is 11.0 Å². The highest BCUT2D eigenvalue weighted by Gasteiger charge is 2.18. The van der Waals surface area contributed by atoms with E-state index in [0.717, 1.165) is 35.6 Å². The van der Waals surface area contributed by atoms with Crippen molar-refractivity contribution in [3.8, 4) is 17.1 Å². The zero-order valence-corrected chi connectivity index (χ0v) is 21.2. The first-order valence-electron chi connectivity index (χ1n) is 13.0. The van der Waals surface area contributed by atoms with Crippen molar-refractivity contribution >= 4 is 11.2 Å². The lowest BCUT2D eigenvalue weighted by molar-refractivity contribution is 0.453. The van der Waals surface area contributed by atoms with Crippen LogP contribution >= 0.6 is 0 Å². The average Bonchev–Trinajstić information content (AvgIpc) is 3.54. The van der Waals surface area contributed by atoms with E-state index in [2.05, 4.69) is 41.3 Å². The molecule has 0 bridgehead atoms. The molecule has 8 heteroatoms.